The van der Waals surface area contributed by atoms with E-state index in [-0.39, 0.29) is 11.5 Å². The first-order chi connectivity index (χ1) is 8.86. The van der Waals surface area contributed by atoms with Gasteiger partial charge in [-0.1, -0.05) is 13.8 Å². The third-order valence-electron chi connectivity index (χ3n) is 3.78. The Kier molecular flexibility index (Phi) is 4.72. The second-order valence-corrected chi connectivity index (χ2v) is 9.48. The lowest BCUT2D eigenvalue weighted by atomic mass is 9.90. The first-order valence-electron chi connectivity index (χ1n) is 6.25. The molecule has 1 N–H and O–H groups in total. The molecule has 1 fully saturated rings. The van der Waals surface area contributed by atoms with E-state index in [1.54, 1.807) is 10.4 Å². The second-order valence-electron chi connectivity index (χ2n) is 5.12. The van der Waals surface area contributed by atoms with Gasteiger partial charge in [-0.15, -0.1) is 11.3 Å². The van der Waals surface area contributed by atoms with E-state index in [1.165, 1.54) is 11.3 Å². The van der Waals surface area contributed by atoms with Crippen molar-refractivity contribution >= 4 is 37.3 Å². The molecule has 0 bridgehead atoms. The fourth-order valence-corrected chi connectivity index (χ4v) is 6.28. The van der Waals surface area contributed by atoms with Gasteiger partial charge in [0, 0.05) is 18.0 Å². The molecule has 1 aliphatic heterocycles. The van der Waals surface area contributed by atoms with E-state index in [9.17, 15) is 8.42 Å². The van der Waals surface area contributed by atoms with Gasteiger partial charge in [0.15, 0.2) is 0 Å². The summed E-state index contributed by atoms with van der Waals surface area (Å²) < 4.78 is 27.4. The van der Waals surface area contributed by atoms with Crippen LogP contribution in [0.1, 0.15) is 25.1 Å². The normalized spacial score (nSPS) is 25.7. The molecule has 4 nitrogen and oxygen atoms in total. The number of piperidine rings is 1. The van der Waals surface area contributed by atoms with Crippen LogP contribution in [0.4, 0.5) is 0 Å². The van der Waals surface area contributed by atoms with Gasteiger partial charge in [-0.25, -0.2) is 8.42 Å². The zero-order valence-electron chi connectivity index (χ0n) is 11.0. The molecule has 1 aromatic heterocycles. The highest BCUT2D eigenvalue weighted by Gasteiger charge is 2.33. The average molecular weight is 368 g/mol. The number of nitrogens with zero attached hydrogens (tertiary/aromatic N) is 1. The molecule has 2 heterocycles. The monoisotopic (exact) mass is 367 g/mol. The molecule has 1 saturated heterocycles. The summed E-state index contributed by atoms with van der Waals surface area (Å²) in [5.41, 5.74) is 0. The van der Waals surface area contributed by atoms with Crippen molar-refractivity contribution < 1.29 is 13.5 Å². The Morgan fingerprint density at radius 3 is 2.68 bits per heavy atom. The number of thiophene rings is 1. The van der Waals surface area contributed by atoms with Crippen molar-refractivity contribution in [2.24, 2.45) is 11.8 Å². The van der Waals surface area contributed by atoms with E-state index in [0.717, 1.165) is 6.42 Å². The Morgan fingerprint density at radius 1 is 1.47 bits per heavy atom. The van der Waals surface area contributed by atoms with Gasteiger partial charge in [0.2, 0.25) is 10.0 Å². The SMILES string of the molecule is CC1CCN(S(=O)(=O)c2cc(CO)sc2Br)CC1C. The first kappa shape index (κ1) is 15.4. The summed E-state index contributed by atoms with van der Waals surface area (Å²) in [6, 6.07) is 1.56. The number of hydrogen-bond acceptors (Lipinski definition) is 4. The maximum absolute atomic E-state index is 12.6. The van der Waals surface area contributed by atoms with Crippen LogP contribution in [-0.2, 0) is 16.6 Å². The maximum atomic E-state index is 12.6. The van der Waals surface area contributed by atoms with Gasteiger partial charge >= 0.3 is 0 Å². The summed E-state index contributed by atoms with van der Waals surface area (Å²) in [5.74, 6) is 0.934. The molecule has 1 aliphatic rings. The zero-order valence-corrected chi connectivity index (χ0v) is 14.2. The number of hydrogen-bond donors (Lipinski definition) is 1. The van der Waals surface area contributed by atoms with E-state index in [4.69, 9.17) is 5.11 Å². The van der Waals surface area contributed by atoms with Crippen molar-refractivity contribution in [3.05, 3.63) is 14.7 Å². The van der Waals surface area contributed by atoms with E-state index < -0.39 is 10.0 Å². The predicted octanol–water partition coefficient (Wildman–Crippen LogP) is 2.67. The maximum Gasteiger partial charge on any atom is 0.245 e. The standard InChI is InChI=1S/C12H18BrNO3S2/c1-8-3-4-14(6-9(8)2)19(16,17)11-5-10(7-15)18-12(11)13/h5,8-9,15H,3-4,6-7H2,1-2H3. The van der Waals surface area contributed by atoms with Crippen LogP contribution in [0.5, 0.6) is 0 Å². The van der Waals surface area contributed by atoms with E-state index >= 15 is 0 Å². The molecule has 2 unspecified atom stereocenters. The van der Waals surface area contributed by atoms with E-state index in [1.807, 2.05) is 0 Å². The van der Waals surface area contributed by atoms with Crippen molar-refractivity contribution in [2.75, 3.05) is 13.1 Å². The van der Waals surface area contributed by atoms with Crippen molar-refractivity contribution in [1.82, 2.24) is 4.31 Å². The van der Waals surface area contributed by atoms with E-state index in [0.29, 0.717) is 33.6 Å². The molecule has 2 rings (SSSR count). The Balaban J connectivity index is 2.29. The van der Waals surface area contributed by atoms with Crippen LogP contribution < -0.4 is 0 Å². The molecule has 7 heteroatoms. The summed E-state index contributed by atoms with van der Waals surface area (Å²) in [7, 11) is -3.45. The summed E-state index contributed by atoms with van der Waals surface area (Å²) in [6.07, 6.45) is 0.898. The molecule has 0 aliphatic carbocycles. The minimum atomic E-state index is -3.45. The highest BCUT2D eigenvalue weighted by Crippen LogP contribution is 2.35. The van der Waals surface area contributed by atoms with Gasteiger partial charge < -0.3 is 5.11 Å². The number of sulfonamides is 1. The van der Waals surface area contributed by atoms with Crippen molar-refractivity contribution in [2.45, 2.75) is 31.8 Å². The number of halogens is 1. The second kappa shape index (κ2) is 5.81. The van der Waals surface area contributed by atoms with Gasteiger partial charge in [-0.2, -0.15) is 4.31 Å². The Hall–Kier alpha value is 0.0500. The summed E-state index contributed by atoms with van der Waals surface area (Å²) >= 11 is 4.56. The largest absolute Gasteiger partial charge is 0.391 e. The van der Waals surface area contributed by atoms with Crippen LogP contribution in [0, 0.1) is 11.8 Å². The van der Waals surface area contributed by atoms with E-state index in [2.05, 4.69) is 29.8 Å². The van der Waals surface area contributed by atoms with Crippen LogP contribution >= 0.6 is 27.3 Å². The molecule has 1 aromatic rings. The van der Waals surface area contributed by atoms with Crippen LogP contribution in [0.2, 0.25) is 0 Å². The quantitative estimate of drug-likeness (QED) is 0.893. The van der Waals surface area contributed by atoms with Gasteiger partial charge in [0.25, 0.3) is 0 Å². The van der Waals surface area contributed by atoms with Crippen LogP contribution in [0.3, 0.4) is 0 Å². The summed E-state index contributed by atoms with van der Waals surface area (Å²) in [5, 5.41) is 9.11. The van der Waals surface area contributed by atoms with Gasteiger partial charge in [-0.05, 0) is 40.3 Å². The van der Waals surface area contributed by atoms with Gasteiger partial charge in [0.1, 0.15) is 4.90 Å². The topological polar surface area (TPSA) is 57.6 Å². The Morgan fingerprint density at radius 2 is 2.16 bits per heavy atom. The third kappa shape index (κ3) is 3.05. The molecule has 0 aromatic carbocycles. The predicted molar refractivity (Wildman–Crippen MR) is 79.6 cm³/mol. The molecular formula is C12H18BrNO3S2. The Bertz CT molecular complexity index is 555. The lowest BCUT2D eigenvalue weighted by Gasteiger charge is -2.34. The number of aliphatic hydroxyl groups is 1. The minimum Gasteiger partial charge on any atom is -0.391 e. The zero-order chi connectivity index (χ0) is 14.2. The molecule has 0 radical (unpaired) electrons. The number of rotatable bonds is 3. The van der Waals surface area contributed by atoms with Crippen LogP contribution in [-0.4, -0.2) is 30.9 Å². The molecule has 0 amide bonds. The molecule has 2 atom stereocenters. The highest BCUT2D eigenvalue weighted by molar-refractivity contribution is 9.11. The van der Waals surface area contributed by atoms with Gasteiger partial charge in [-0.3, -0.25) is 0 Å². The third-order valence-corrected chi connectivity index (χ3v) is 7.88. The van der Waals surface area contributed by atoms with Crippen LogP contribution in [0.15, 0.2) is 14.7 Å². The smallest absolute Gasteiger partial charge is 0.245 e. The fourth-order valence-electron chi connectivity index (χ4n) is 2.23. The van der Waals surface area contributed by atoms with Crippen LogP contribution in [0.25, 0.3) is 0 Å². The van der Waals surface area contributed by atoms with Crippen molar-refractivity contribution in [1.29, 1.82) is 0 Å². The highest BCUT2D eigenvalue weighted by atomic mass is 79.9. The molecule has 108 valence electrons. The summed E-state index contributed by atoms with van der Waals surface area (Å²) in [4.78, 5) is 0.937. The Labute approximate surface area is 126 Å². The minimum absolute atomic E-state index is 0.133. The first-order valence-corrected chi connectivity index (χ1v) is 9.30. The average Bonchev–Trinajstić information content (AvgIpc) is 2.74. The molecule has 0 spiro atoms. The lowest BCUT2D eigenvalue weighted by Crippen LogP contribution is -2.42. The fraction of sp³-hybridized carbons (Fsp3) is 0.667. The van der Waals surface area contributed by atoms with Crippen molar-refractivity contribution in [3.8, 4) is 0 Å². The summed E-state index contributed by atoms with van der Waals surface area (Å²) in [6.45, 7) is 5.27. The number of aliphatic hydroxyl groups excluding tert-OH is 1. The lowest BCUT2D eigenvalue weighted by molar-refractivity contribution is 0.212. The van der Waals surface area contributed by atoms with Crippen molar-refractivity contribution in [3.63, 3.8) is 0 Å². The van der Waals surface area contributed by atoms with Gasteiger partial charge in [0.05, 0.1) is 10.4 Å². The molecule has 0 saturated carbocycles. The molecule has 19 heavy (non-hydrogen) atoms. The molecular weight excluding hydrogens is 350 g/mol.